The van der Waals surface area contributed by atoms with E-state index >= 15 is 0 Å². The van der Waals surface area contributed by atoms with Gasteiger partial charge in [0.25, 0.3) is 0 Å². The second-order valence-corrected chi connectivity index (χ2v) is 7.48. The van der Waals surface area contributed by atoms with Crippen molar-refractivity contribution in [3.8, 4) is 11.5 Å². The highest BCUT2D eigenvalue weighted by atomic mass is 35.5. The fourth-order valence-electron chi connectivity index (χ4n) is 2.55. The minimum atomic E-state index is 0.0306. The molecule has 130 valence electrons. The summed E-state index contributed by atoms with van der Waals surface area (Å²) in [5.74, 6) is 1.26. The zero-order valence-corrected chi connectivity index (χ0v) is 15.7. The first-order valence-electron chi connectivity index (χ1n) is 8.10. The Morgan fingerprint density at radius 1 is 1.24 bits per heavy atom. The molecule has 6 heteroatoms. The lowest BCUT2D eigenvalue weighted by atomic mass is 10.2. The van der Waals surface area contributed by atoms with E-state index in [1.807, 2.05) is 56.3 Å². The summed E-state index contributed by atoms with van der Waals surface area (Å²) >= 11 is 7.47. The lowest BCUT2D eigenvalue weighted by Crippen LogP contribution is -2.31. The van der Waals surface area contributed by atoms with Crippen molar-refractivity contribution >= 4 is 28.8 Å². The van der Waals surface area contributed by atoms with Gasteiger partial charge >= 0.3 is 0 Å². The number of nitrogens with zero attached hydrogens (tertiary/aromatic N) is 2. The quantitative estimate of drug-likeness (QED) is 0.612. The van der Waals surface area contributed by atoms with Crippen LogP contribution in [0.15, 0.2) is 46.9 Å². The average molecular weight is 375 g/mol. The first-order valence-corrected chi connectivity index (χ1v) is 9.30. The standard InChI is InChI=1S/C19H19ClN2O2S/c1-3-22(12-15-9-10-17(20)25-15)18(23)11-16-13(2)24-19(21-16)14-7-5-4-6-8-14/h4-10H,3,11-12H2,1-2H3. The van der Waals surface area contributed by atoms with Crippen LogP contribution in [0.25, 0.3) is 11.5 Å². The van der Waals surface area contributed by atoms with E-state index in [0.29, 0.717) is 30.4 Å². The maximum Gasteiger partial charge on any atom is 0.229 e. The van der Waals surface area contributed by atoms with Crippen LogP contribution in [0.1, 0.15) is 23.3 Å². The Morgan fingerprint density at radius 3 is 2.64 bits per heavy atom. The van der Waals surface area contributed by atoms with Gasteiger partial charge in [-0.05, 0) is 38.1 Å². The average Bonchev–Trinajstić information content (AvgIpc) is 3.19. The Labute approximate surface area is 156 Å². The van der Waals surface area contributed by atoms with Gasteiger partial charge in [0, 0.05) is 17.0 Å². The van der Waals surface area contributed by atoms with E-state index in [1.54, 1.807) is 4.90 Å². The van der Waals surface area contributed by atoms with E-state index < -0.39 is 0 Å². The Balaban J connectivity index is 1.72. The molecule has 0 atom stereocenters. The fourth-order valence-corrected chi connectivity index (χ4v) is 3.66. The zero-order valence-electron chi connectivity index (χ0n) is 14.2. The van der Waals surface area contributed by atoms with Crippen molar-refractivity contribution in [2.75, 3.05) is 6.54 Å². The first-order chi connectivity index (χ1) is 12.1. The van der Waals surface area contributed by atoms with Crippen LogP contribution in [0.3, 0.4) is 0 Å². The molecule has 2 aromatic heterocycles. The maximum atomic E-state index is 12.7. The number of amides is 1. The normalized spacial score (nSPS) is 10.8. The Bertz CT molecular complexity index is 857. The number of hydrogen-bond donors (Lipinski definition) is 0. The third kappa shape index (κ3) is 4.30. The summed E-state index contributed by atoms with van der Waals surface area (Å²) in [5, 5.41) is 0. The fraction of sp³-hybridized carbons (Fsp3) is 0.263. The smallest absolute Gasteiger partial charge is 0.229 e. The van der Waals surface area contributed by atoms with Gasteiger partial charge in [-0.15, -0.1) is 11.3 Å². The summed E-state index contributed by atoms with van der Waals surface area (Å²) in [4.78, 5) is 20.1. The highest BCUT2D eigenvalue weighted by Gasteiger charge is 2.19. The molecule has 0 bridgehead atoms. The summed E-state index contributed by atoms with van der Waals surface area (Å²) in [6.45, 7) is 5.02. The Hall–Kier alpha value is -2.11. The van der Waals surface area contributed by atoms with Crippen LogP contribution in [0.2, 0.25) is 4.34 Å². The Kier molecular flexibility index (Phi) is 5.56. The summed E-state index contributed by atoms with van der Waals surface area (Å²) in [6, 6.07) is 13.5. The van der Waals surface area contributed by atoms with Crippen molar-refractivity contribution < 1.29 is 9.21 Å². The van der Waals surface area contributed by atoms with Crippen molar-refractivity contribution in [1.29, 1.82) is 0 Å². The lowest BCUT2D eigenvalue weighted by Gasteiger charge is -2.19. The number of benzene rings is 1. The second kappa shape index (κ2) is 7.85. The largest absolute Gasteiger partial charge is 0.441 e. The molecule has 0 spiro atoms. The van der Waals surface area contributed by atoms with Gasteiger partial charge in [0.15, 0.2) is 0 Å². The minimum Gasteiger partial charge on any atom is -0.441 e. The molecule has 0 N–H and O–H groups in total. The molecule has 25 heavy (non-hydrogen) atoms. The van der Waals surface area contributed by atoms with Crippen LogP contribution in [0, 0.1) is 6.92 Å². The summed E-state index contributed by atoms with van der Waals surface area (Å²) in [7, 11) is 0. The molecular formula is C19H19ClN2O2S. The molecule has 0 aliphatic carbocycles. The lowest BCUT2D eigenvalue weighted by molar-refractivity contribution is -0.130. The van der Waals surface area contributed by atoms with Crippen molar-refractivity contribution in [1.82, 2.24) is 9.88 Å². The molecular weight excluding hydrogens is 356 g/mol. The summed E-state index contributed by atoms with van der Waals surface area (Å²) < 4.78 is 6.47. The van der Waals surface area contributed by atoms with Crippen molar-refractivity contribution in [2.45, 2.75) is 26.8 Å². The molecule has 0 aliphatic heterocycles. The van der Waals surface area contributed by atoms with Crippen molar-refractivity contribution in [3.63, 3.8) is 0 Å². The van der Waals surface area contributed by atoms with Crippen LogP contribution in [-0.4, -0.2) is 22.3 Å². The number of aromatic nitrogens is 1. The molecule has 3 aromatic rings. The predicted octanol–water partition coefficient (Wildman–Crippen LogP) is 4.96. The predicted molar refractivity (Wildman–Crippen MR) is 101 cm³/mol. The molecule has 0 saturated heterocycles. The van der Waals surface area contributed by atoms with E-state index in [-0.39, 0.29) is 12.3 Å². The number of oxazole rings is 1. The number of thiophene rings is 1. The summed E-state index contributed by atoms with van der Waals surface area (Å²) in [5.41, 5.74) is 1.59. The third-order valence-electron chi connectivity index (χ3n) is 3.94. The van der Waals surface area contributed by atoms with E-state index in [9.17, 15) is 4.79 Å². The molecule has 4 nitrogen and oxygen atoms in total. The number of carbonyl (C=O) groups excluding carboxylic acids is 1. The third-order valence-corrected chi connectivity index (χ3v) is 5.16. The van der Waals surface area contributed by atoms with Crippen molar-refractivity contribution in [2.24, 2.45) is 0 Å². The van der Waals surface area contributed by atoms with Crippen LogP contribution in [0.5, 0.6) is 0 Å². The highest BCUT2D eigenvalue weighted by Crippen LogP contribution is 2.24. The maximum absolute atomic E-state index is 12.7. The van der Waals surface area contributed by atoms with Gasteiger partial charge in [-0.1, -0.05) is 29.8 Å². The van der Waals surface area contributed by atoms with E-state index in [4.69, 9.17) is 16.0 Å². The van der Waals surface area contributed by atoms with E-state index in [0.717, 1.165) is 14.8 Å². The van der Waals surface area contributed by atoms with Crippen LogP contribution >= 0.6 is 22.9 Å². The minimum absolute atomic E-state index is 0.0306. The van der Waals surface area contributed by atoms with Gasteiger partial charge in [-0.2, -0.15) is 0 Å². The van der Waals surface area contributed by atoms with E-state index in [1.165, 1.54) is 11.3 Å². The monoisotopic (exact) mass is 374 g/mol. The van der Waals surface area contributed by atoms with Gasteiger partial charge in [0.1, 0.15) is 5.76 Å². The SMILES string of the molecule is CCN(Cc1ccc(Cl)s1)C(=O)Cc1nc(-c2ccccc2)oc1C. The number of aryl methyl sites for hydroxylation is 1. The highest BCUT2D eigenvalue weighted by molar-refractivity contribution is 7.16. The number of rotatable bonds is 6. The number of likely N-dealkylation sites (N-methyl/N-ethyl adjacent to an activating group) is 1. The second-order valence-electron chi connectivity index (χ2n) is 5.68. The molecule has 3 rings (SSSR count). The number of carbonyl (C=O) groups is 1. The first kappa shape index (κ1) is 17.7. The molecule has 0 aliphatic rings. The molecule has 0 saturated carbocycles. The number of hydrogen-bond acceptors (Lipinski definition) is 4. The van der Waals surface area contributed by atoms with Gasteiger partial charge in [0.05, 0.1) is 23.0 Å². The molecule has 1 aromatic carbocycles. The van der Waals surface area contributed by atoms with Crippen molar-refractivity contribution in [3.05, 3.63) is 63.1 Å². The molecule has 0 radical (unpaired) electrons. The summed E-state index contributed by atoms with van der Waals surface area (Å²) in [6.07, 6.45) is 0.231. The van der Waals surface area contributed by atoms with E-state index in [2.05, 4.69) is 4.98 Å². The van der Waals surface area contributed by atoms with Gasteiger partial charge in [-0.25, -0.2) is 4.98 Å². The van der Waals surface area contributed by atoms with Crippen LogP contribution in [-0.2, 0) is 17.8 Å². The van der Waals surface area contributed by atoms with Gasteiger partial charge in [0.2, 0.25) is 11.8 Å². The number of halogens is 1. The Morgan fingerprint density at radius 2 is 2.00 bits per heavy atom. The topological polar surface area (TPSA) is 46.3 Å². The zero-order chi connectivity index (χ0) is 17.8. The van der Waals surface area contributed by atoms with Crippen LogP contribution < -0.4 is 0 Å². The molecule has 0 unspecified atom stereocenters. The molecule has 2 heterocycles. The van der Waals surface area contributed by atoms with Gasteiger partial charge < -0.3 is 9.32 Å². The molecule has 0 fully saturated rings. The molecule has 1 amide bonds. The van der Waals surface area contributed by atoms with Gasteiger partial charge in [-0.3, -0.25) is 4.79 Å². The van der Waals surface area contributed by atoms with Crippen LogP contribution in [0.4, 0.5) is 0 Å².